The minimum absolute atomic E-state index is 0.0523. The molecular formula is C72H108O9. The van der Waals surface area contributed by atoms with Crippen LogP contribution in [0.3, 0.4) is 0 Å². The van der Waals surface area contributed by atoms with Gasteiger partial charge in [0.15, 0.2) is 54.9 Å². The third kappa shape index (κ3) is 30.2. The van der Waals surface area contributed by atoms with Gasteiger partial charge in [0, 0.05) is 91.1 Å². The van der Waals surface area contributed by atoms with E-state index in [1.165, 1.54) is 193 Å². The van der Waals surface area contributed by atoms with Gasteiger partial charge < -0.3 is 42.6 Å². The largest absolute Gasteiger partial charge is 0.490 e. The smallest absolute Gasteiger partial charge is 0.188 e. The molecule has 0 amide bonds. The van der Waals surface area contributed by atoms with Crippen molar-refractivity contribution in [2.75, 3.05) is 61.5 Å². The second kappa shape index (κ2) is 46.5. The van der Waals surface area contributed by atoms with E-state index >= 15 is 0 Å². The Morgan fingerprint density at radius 2 is 0.383 bits per heavy atom. The standard InChI is InChI=1S/C72H108O9/c1-7-10-13-16-19-22-25-28-31-34-37-40-49-76-67-52-61-43-46-65-56-71(80-59-74-5)69(78-51-42-39-36-33-30-27-24-21-18-15-12-9-3)54-63(65)45-48-66-57-72(81-60-75-6)68(53-62(66)44-47-64(61)55-70(67)79-58-73-4)77-50-41-38-35-32-29-26-23-20-17-14-11-8-2/h52-57H,7-42,49-51,58-60H2,1-6H3. The number of fused-ring (bicyclic) bond motifs is 3. The zero-order valence-corrected chi connectivity index (χ0v) is 51.8. The maximum Gasteiger partial charge on any atom is 0.188 e. The van der Waals surface area contributed by atoms with Crippen LogP contribution in [0.2, 0.25) is 0 Å². The van der Waals surface area contributed by atoms with Crippen LogP contribution in [0.1, 0.15) is 285 Å². The molecular weight excluding hydrogens is 1010 g/mol. The van der Waals surface area contributed by atoms with Gasteiger partial charge in [-0.1, -0.05) is 268 Å². The Morgan fingerprint density at radius 1 is 0.222 bits per heavy atom. The Bertz CT molecular complexity index is 2050. The lowest BCUT2D eigenvalue weighted by Crippen LogP contribution is -2.06. The van der Waals surface area contributed by atoms with Crippen LogP contribution < -0.4 is 28.4 Å². The molecule has 0 N–H and O–H groups in total. The SMILES string of the molecule is CCCCCCCCCCCCCCOc1cc2c(cc1OCOC)C#Cc1cc(OCCCCCCCCCCCCCC)c(OCOC)cc1C#Cc1cc(OCCCCCCCCCCCCCC)c(OCOC)cc1C#C2. The first kappa shape index (κ1) is 68.5. The number of ether oxygens (including phenoxy) is 9. The van der Waals surface area contributed by atoms with Crippen molar-refractivity contribution < 1.29 is 42.6 Å². The first-order valence-electron chi connectivity index (χ1n) is 32.4. The van der Waals surface area contributed by atoms with Crippen molar-refractivity contribution in [2.24, 2.45) is 0 Å². The number of benzene rings is 3. The minimum atomic E-state index is 0.0523. The van der Waals surface area contributed by atoms with Crippen molar-refractivity contribution in [3.8, 4) is 70.0 Å². The lowest BCUT2D eigenvalue weighted by Gasteiger charge is -2.15. The third-order valence-electron chi connectivity index (χ3n) is 15.0. The molecule has 0 heterocycles. The molecule has 0 bridgehead atoms. The van der Waals surface area contributed by atoms with E-state index in [9.17, 15) is 0 Å². The van der Waals surface area contributed by atoms with E-state index in [2.05, 4.69) is 56.3 Å². The molecule has 0 radical (unpaired) electrons. The summed E-state index contributed by atoms with van der Waals surface area (Å²) in [6.07, 6.45) is 45.9. The summed E-state index contributed by atoms with van der Waals surface area (Å²) in [4.78, 5) is 0. The summed E-state index contributed by atoms with van der Waals surface area (Å²) in [6.45, 7) is 8.66. The summed E-state index contributed by atoms with van der Waals surface area (Å²) >= 11 is 0. The van der Waals surface area contributed by atoms with E-state index in [4.69, 9.17) is 42.6 Å². The molecule has 3 aromatic carbocycles. The molecule has 9 nitrogen and oxygen atoms in total. The predicted octanol–water partition coefficient (Wildman–Crippen LogP) is 19.4. The van der Waals surface area contributed by atoms with Crippen LogP contribution in [0.5, 0.6) is 34.5 Å². The fourth-order valence-corrected chi connectivity index (χ4v) is 10.1. The highest BCUT2D eigenvalue weighted by molar-refractivity contribution is 5.67. The molecule has 0 aromatic heterocycles. The number of hydrogen-bond acceptors (Lipinski definition) is 9. The second-order valence-electron chi connectivity index (χ2n) is 22.1. The fraction of sp³-hybridized carbons (Fsp3) is 0.667. The molecule has 1 aliphatic carbocycles. The van der Waals surface area contributed by atoms with Crippen molar-refractivity contribution in [2.45, 2.75) is 252 Å². The maximum atomic E-state index is 6.52. The molecule has 0 fully saturated rings. The molecule has 0 aliphatic heterocycles. The van der Waals surface area contributed by atoms with Gasteiger partial charge in [-0.2, -0.15) is 0 Å². The first-order chi connectivity index (χ1) is 40.0. The zero-order valence-electron chi connectivity index (χ0n) is 51.8. The number of unbranched alkanes of at least 4 members (excludes halogenated alkanes) is 33. The van der Waals surface area contributed by atoms with E-state index in [-0.39, 0.29) is 20.4 Å². The molecule has 0 atom stereocenters. The van der Waals surface area contributed by atoms with E-state index < -0.39 is 0 Å². The lowest BCUT2D eigenvalue weighted by atomic mass is 10.0. The molecule has 1 aliphatic rings. The van der Waals surface area contributed by atoms with Crippen molar-refractivity contribution in [1.82, 2.24) is 0 Å². The third-order valence-corrected chi connectivity index (χ3v) is 15.0. The van der Waals surface area contributed by atoms with Gasteiger partial charge >= 0.3 is 0 Å². The Hall–Kier alpha value is -4.98. The minimum Gasteiger partial charge on any atom is -0.490 e. The second-order valence-corrected chi connectivity index (χ2v) is 22.1. The van der Waals surface area contributed by atoms with Crippen LogP contribution in [0, 0.1) is 35.5 Å². The average molecular weight is 1120 g/mol. The van der Waals surface area contributed by atoms with Crippen molar-refractivity contribution in [1.29, 1.82) is 0 Å². The van der Waals surface area contributed by atoms with Crippen LogP contribution in [0.25, 0.3) is 0 Å². The van der Waals surface area contributed by atoms with Gasteiger partial charge in [0.2, 0.25) is 0 Å². The summed E-state index contributed by atoms with van der Waals surface area (Å²) < 4.78 is 54.3. The Morgan fingerprint density at radius 3 is 0.556 bits per heavy atom. The highest BCUT2D eigenvalue weighted by atomic mass is 16.7. The Kier molecular flexibility index (Phi) is 39.3. The summed E-state index contributed by atoms with van der Waals surface area (Å²) in [7, 11) is 4.85. The predicted molar refractivity (Wildman–Crippen MR) is 334 cm³/mol. The van der Waals surface area contributed by atoms with Crippen molar-refractivity contribution in [3.63, 3.8) is 0 Å². The summed E-state index contributed by atoms with van der Waals surface area (Å²) in [5.41, 5.74) is 4.08. The highest BCUT2D eigenvalue weighted by Gasteiger charge is 2.17. The first-order valence-corrected chi connectivity index (χ1v) is 32.4. The molecule has 450 valence electrons. The summed E-state index contributed by atoms with van der Waals surface area (Å²) in [5.74, 6) is 24.2. The van der Waals surface area contributed by atoms with Gasteiger partial charge in [0.25, 0.3) is 0 Å². The molecule has 0 saturated carbocycles. The van der Waals surface area contributed by atoms with Crippen LogP contribution in [0.4, 0.5) is 0 Å². The molecule has 81 heavy (non-hydrogen) atoms. The van der Waals surface area contributed by atoms with Crippen LogP contribution in [-0.2, 0) is 14.2 Å². The topological polar surface area (TPSA) is 83.1 Å². The molecule has 0 saturated heterocycles. The van der Waals surface area contributed by atoms with Crippen molar-refractivity contribution >= 4 is 0 Å². The van der Waals surface area contributed by atoms with Gasteiger partial charge in [-0.15, -0.1) is 0 Å². The molecule has 3 aromatic rings. The van der Waals surface area contributed by atoms with Gasteiger partial charge in [0.05, 0.1) is 19.8 Å². The molecule has 4 rings (SSSR count). The monoisotopic (exact) mass is 1120 g/mol. The Balaban J connectivity index is 1.62. The van der Waals surface area contributed by atoms with E-state index in [0.29, 0.717) is 87.7 Å². The maximum absolute atomic E-state index is 6.52. The molecule has 0 unspecified atom stereocenters. The number of rotatable bonds is 51. The summed E-state index contributed by atoms with van der Waals surface area (Å²) in [5, 5.41) is 0. The van der Waals surface area contributed by atoms with E-state index in [1.54, 1.807) is 21.3 Å². The van der Waals surface area contributed by atoms with Gasteiger partial charge in [0.1, 0.15) is 0 Å². The molecule has 0 spiro atoms. The van der Waals surface area contributed by atoms with Gasteiger partial charge in [-0.25, -0.2) is 0 Å². The Labute approximate surface area is 493 Å². The molecule has 9 heteroatoms. The number of methoxy groups -OCH3 is 3. The van der Waals surface area contributed by atoms with Crippen LogP contribution in [-0.4, -0.2) is 61.5 Å². The quantitative estimate of drug-likeness (QED) is 0.0244. The number of hydrogen-bond donors (Lipinski definition) is 0. The van der Waals surface area contributed by atoms with E-state index in [1.807, 2.05) is 36.4 Å². The zero-order chi connectivity index (χ0) is 57.5. The highest BCUT2D eigenvalue weighted by Crippen LogP contribution is 2.36. The lowest BCUT2D eigenvalue weighted by molar-refractivity contribution is 0.0484. The van der Waals surface area contributed by atoms with Crippen LogP contribution >= 0.6 is 0 Å². The fourth-order valence-electron chi connectivity index (χ4n) is 10.1. The van der Waals surface area contributed by atoms with Gasteiger partial charge in [-0.3, -0.25) is 0 Å². The van der Waals surface area contributed by atoms with Gasteiger partial charge in [-0.05, 0) is 19.3 Å². The normalized spacial score (nSPS) is 11.3. The average Bonchev–Trinajstić information content (AvgIpc) is 3.49. The van der Waals surface area contributed by atoms with E-state index in [0.717, 1.165) is 38.5 Å². The summed E-state index contributed by atoms with van der Waals surface area (Å²) in [6, 6.07) is 11.6. The van der Waals surface area contributed by atoms with Crippen molar-refractivity contribution in [3.05, 3.63) is 69.8 Å². The van der Waals surface area contributed by atoms with Crippen LogP contribution in [0.15, 0.2) is 36.4 Å².